The largest absolute Gasteiger partial charge is 0.281 e. The number of halogens is 3. The minimum atomic E-state index is -2.52. The molecule has 0 N–H and O–H groups in total. The Hall–Kier alpha value is -0.970. The molecular formula is C8H5BrF2N2. The summed E-state index contributed by atoms with van der Waals surface area (Å²) in [5, 5.41) is 4.37. The first-order chi connectivity index (χ1) is 6.20. The van der Waals surface area contributed by atoms with E-state index in [-0.39, 0.29) is 5.69 Å². The van der Waals surface area contributed by atoms with Crippen LogP contribution in [-0.4, -0.2) is 8.81 Å². The summed E-state index contributed by atoms with van der Waals surface area (Å²) in [4.78, 5) is 0. The second kappa shape index (κ2) is 3.06. The molecular weight excluding hydrogens is 242 g/mol. The standard InChI is InChI=1S/C8H5BrF2N2/c9-13-7(8(10)11)5-3-1-2-4-6(5)12-13/h1-4,8H. The molecule has 0 bridgehead atoms. The number of rotatable bonds is 1. The molecule has 0 spiro atoms. The topological polar surface area (TPSA) is 17.8 Å². The molecule has 1 heterocycles. The zero-order valence-corrected chi connectivity index (χ0v) is 8.00. The maximum Gasteiger partial charge on any atom is 0.281 e. The van der Waals surface area contributed by atoms with Crippen LogP contribution in [0.5, 0.6) is 0 Å². The molecule has 0 fully saturated rings. The highest BCUT2D eigenvalue weighted by molar-refractivity contribution is 9.08. The van der Waals surface area contributed by atoms with Crippen LogP contribution in [-0.2, 0) is 0 Å². The molecule has 5 heteroatoms. The summed E-state index contributed by atoms with van der Waals surface area (Å²) in [6.07, 6.45) is -2.52. The van der Waals surface area contributed by atoms with Crippen LogP contribution in [0.15, 0.2) is 24.3 Å². The Morgan fingerprint density at radius 3 is 2.69 bits per heavy atom. The first-order valence-electron chi connectivity index (χ1n) is 3.62. The first-order valence-corrected chi connectivity index (χ1v) is 4.33. The third-order valence-corrected chi connectivity index (χ3v) is 2.32. The van der Waals surface area contributed by atoms with Crippen molar-refractivity contribution in [1.29, 1.82) is 0 Å². The van der Waals surface area contributed by atoms with Crippen LogP contribution < -0.4 is 0 Å². The molecule has 0 aliphatic rings. The van der Waals surface area contributed by atoms with Crippen molar-refractivity contribution in [3.05, 3.63) is 30.0 Å². The molecule has 68 valence electrons. The Kier molecular flexibility index (Phi) is 2.03. The number of benzene rings is 1. The van der Waals surface area contributed by atoms with Gasteiger partial charge in [0.2, 0.25) is 0 Å². The lowest BCUT2D eigenvalue weighted by atomic mass is 10.2. The summed E-state index contributed by atoms with van der Waals surface area (Å²) >= 11 is 2.94. The lowest BCUT2D eigenvalue weighted by Gasteiger charge is -1.96. The Morgan fingerprint density at radius 2 is 2.00 bits per heavy atom. The summed E-state index contributed by atoms with van der Waals surface area (Å²) in [5.74, 6) is 0. The van der Waals surface area contributed by atoms with E-state index in [0.29, 0.717) is 10.9 Å². The van der Waals surface area contributed by atoms with E-state index in [1.165, 1.54) is 0 Å². The normalized spacial score (nSPS) is 11.4. The van der Waals surface area contributed by atoms with Gasteiger partial charge in [-0.05, 0) is 6.07 Å². The fourth-order valence-electron chi connectivity index (χ4n) is 1.22. The predicted molar refractivity (Wildman–Crippen MR) is 49.0 cm³/mol. The Bertz CT molecular complexity index is 439. The fourth-order valence-corrected chi connectivity index (χ4v) is 1.74. The van der Waals surface area contributed by atoms with E-state index in [9.17, 15) is 8.78 Å². The van der Waals surface area contributed by atoms with Crippen molar-refractivity contribution in [1.82, 2.24) is 8.81 Å². The number of nitrogens with zero attached hydrogens (tertiary/aromatic N) is 2. The summed E-state index contributed by atoms with van der Waals surface area (Å²) < 4.78 is 26.0. The van der Waals surface area contributed by atoms with Gasteiger partial charge in [-0.1, -0.05) is 18.2 Å². The van der Waals surface area contributed by atoms with Gasteiger partial charge in [0.25, 0.3) is 6.43 Å². The van der Waals surface area contributed by atoms with Gasteiger partial charge in [-0.3, -0.25) is 0 Å². The predicted octanol–water partition coefficient (Wildman–Crippen LogP) is 3.13. The van der Waals surface area contributed by atoms with Gasteiger partial charge in [0, 0.05) is 5.39 Å². The van der Waals surface area contributed by atoms with Gasteiger partial charge in [-0.2, -0.15) is 8.81 Å². The highest BCUT2D eigenvalue weighted by Gasteiger charge is 2.17. The van der Waals surface area contributed by atoms with E-state index in [1.807, 2.05) is 0 Å². The van der Waals surface area contributed by atoms with Crippen LogP contribution in [0, 0.1) is 0 Å². The van der Waals surface area contributed by atoms with Crippen molar-refractivity contribution in [2.45, 2.75) is 6.43 Å². The van der Waals surface area contributed by atoms with E-state index in [4.69, 9.17) is 0 Å². The van der Waals surface area contributed by atoms with Crippen LogP contribution >= 0.6 is 16.1 Å². The molecule has 0 aliphatic carbocycles. The van der Waals surface area contributed by atoms with Gasteiger partial charge in [0.05, 0.1) is 21.7 Å². The summed E-state index contributed by atoms with van der Waals surface area (Å²) in [6.45, 7) is 0. The molecule has 0 aliphatic heterocycles. The number of aromatic nitrogens is 2. The number of hydrogen-bond donors (Lipinski definition) is 0. The molecule has 2 nitrogen and oxygen atoms in total. The summed E-state index contributed by atoms with van der Waals surface area (Å²) in [7, 11) is 0. The highest BCUT2D eigenvalue weighted by atomic mass is 79.9. The van der Waals surface area contributed by atoms with Crippen LogP contribution in [0.3, 0.4) is 0 Å². The second-order valence-corrected chi connectivity index (χ2v) is 3.24. The van der Waals surface area contributed by atoms with Crippen LogP contribution in [0.4, 0.5) is 8.78 Å². The number of hydrogen-bond acceptors (Lipinski definition) is 1. The summed E-state index contributed by atoms with van der Waals surface area (Å²) in [5.41, 5.74) is 0.463. The molecule has 0 unspecified atom stereocenters. The van der Waals surface area contributed by atoms with Gasteiger partial charge >= 0.3 is 0 Å². The second-order valence-electron chi connectivity index (χ2n) is 2.56. The molecule has 0 atom stereocenters. The maximum absolute atomic E-state index is 12.5. The quantitative estimate of drug-likeness (QED) is 0.756. The van der Waals surface area contributed by atoms with E-state index < -0.39 is 6.43 Å². The molecule has 1 aromatic carbocycles. The van der Waals surface area contributed by atoms with Crippen molar-refractivity contribution < 1.29 is 8.78 Å². The van der Waals surface area contributed by atoms with Crippen LogP contribution in [0.2, 0.25) is 0 Å². The lowest BCUT2D eigenvalue weighted by molar-refractivity contribution is 0.146. The van der Waals surface area contributed by atoms with Crippen molar-refractivity contribution >= 4 is 27.1 Å². The van der Waals surface area contributed by atoms with E-state index in [0.717, 1.165) is 3.71 Å². The minimum Gasteiger partial charge on any atom is -0.203 e. The van der Waals surface area contributed by atoms with Crippen molar-refractivity contribution in [2.24, 2.45) is 0 Å². The Balaban J connectivity index is 2.78. The van der Waals surface area contributed by atoms with Gasteiger partial charge in [-0.15, -0.1) is 0 Å². The van der Waals surface area contributed by atoms with Gasteiger partial charge < -0.3 is 0 Å². The first kappa shape index (κ1) is 8.62. The van der Waals surface area contributed by atoms with Crippen molar-refractivity contribution in [2.75, 3.05) is 0 Å². The fraction of sp³-hybridized carbons (Fsp3) is 0.125. The molecule has 0 amide bonds. The van der Waals surface area contributed by atoms with Crippen molar-refractivity contribution in [3.8, 4) is 0 Å². The number of fused-ring (bicyclic) bond motifs is 1. The van der Waals surface area contributed by atoms with Gasteiger partial charge in [-0.25, -0.2) is 8.78 Å². The molecule has 13 heavy (non-hydrogen) atoms. The van der Waals surface area contributed by atoms with Crippen LogP contribution in [0.25, 0.3) is 10.9 Å². The summed E-state index contributed by atoms with van der Waals surface area (Å²) in [6, 6.07) is 6.79. The Morgan fingerprint density at radius 1 is 1.31 bits per heavy atom. The average Bonchev–Trinajstić information content (AvgIpc) is 2.39. The molecule has 2 aromatic rings. The molecule has 1 aromatic heterocycles. The highest BCUT2D eigenvalue weighted by Crippen LogP contribution is 2.28. The van der Waals surface area contributed by atoms with Gasteiger partial charge in [0.1, 0.15) is 5.69 Å². The smallest absolute Gasteiger partial charge is 0.203 e. The zero-order chi connectivity index (χ0) is 9.42. The SMILES string of the molecule is FC(F)c1c2ccccc2nn1Br. The average molecular weight is 247 g/mol. The molecule has 0 saturated carbocycles. The maximum atomic E-state index is 12.5. The number of alkyl halides is 2. The minimum absolute atomic E-state index is 0.101. The van der Waals surface area contributed by atoms with E-state index in [1.54, 1.807) is 24.3 Å². The van der Waals surface area contributed by atoms with E-state index >= 15 is 0 Å². The van der Waals surface area contributed by atoms with Gasteiger partial charge in [0.15, 0.2) is 0 Å². The molecule has 0 radical (unpaired) electrons. The lowest BCUT2D eigenvalue weighted by Crippen LogP contribution is -1.91. The van der Waals surface area contributed by atoms with Crippen LogP contribution in [0.1, 0.15) is 12.1 Å². The zero-order valence-electron chi connectivity index (χ0n) is 6.42. The van der Waals surface area contributed by atoms with Crippen molar-refractivity contribution in [3.63, 3.8) is 0 Å². The Labute approximate surface area is 81.5 Å². The molecule has 0 saturated heterocycles. The third-order valence-electron chi connectivity index (χ3n) is 1.78. The van der Waals surface area contributed by atoms with E-state index in [2.05, 4.69) is 21.2 Å². The monoisotopic (exact) mass is 246 g/mol. The molecule has 2 rings (SSSR count). The third kappa shape index (κ3) is 1.33.